The lowest BCUT2D eigenvalue weighted by Gasteiger charge is -2.40. The molecule has 0 amide bonds. The molecule has 0 bridgehead atoms. The van der Waals surface area contributed by atoms with E-state index in [-0.39, 0.29) is 30.1 Å². The predicted octanol–water partition coefficient (Wildman–Crippen LogP) is -0.913. The molecule has 5 atom stereocenters. The second-order valence-corrected chi connectivity index (χ2v) is 7.37. The van der Waals surface area contributed by atoms with Gasteiger partial charge in [-0.3, -0.25) is 0 Å². The Labute approximate surface area is 187 Å². The quantitative estimate of drug-likeness (QED) is 0.184. The minimum atomic E-state index is -1.75. The van der Waals surface area contributed by atoms with Crippen molar-refractivity contribution >= 4 is 5.97 Å². The number of carbonyl (C=O) groups is 1. The van der Waals surface area contributed by atoms with Crippen molar-refractivity contribution in [3.63, 3.8) is 0 Å². The standard InChI is InChI=1S/C21H24O12/c22-4-3-9-1-2-11(23)14(5-9)32-21-19(29)18(28)17(27)15(33-21)8-31-20(30)10-6-12(24)16(26)13(25)7-10/h1-2,5-7,15,17-19,21-29H,3-4,8H2/t15-,17+,18-,19-,21+/m0/s1. The maximum Gasteiger partial charge on any atom is 0.338 e. The van der Waals surface area contributed by atoms with Crippen LogP contribution in [0.4, 0.5) is 0 Å². The second-order valence-electron chi connectivity index (χ2n) is 7.37. The Balaban J connectivity index is 1.70. The molecule has 0 radical (unpaired) electrons. The van der Waals surface area contributed by atoms with Crippen LogP contribution in [0.15, 0.2) is 30.3 Å². The summed E-state index contributed by atoms with van der Waals surface area (Å²) < 4.78 is 15.9. The summed E-state index contributed by atoms with van der Waals surface area (Å²) >= 11 is 0. The number of ether oxygens (including phenoxy) is 3. The molecule has 1 saturated heterocycles. The molecule has 8 N–H and O–H groups in total. The lowest BCUT2D eigenvalue weighted by Crippen LogP contribution is -2.60. The Morgan fingerprint density at radius 3 is 2.21 bits per heavy atom. The highest BCUT2D eigenvalue weighted by Gasteiger charge is 2.45. The monoisotopic (exact) mass is 468 g/mol. The van der Waals surface area contributed by atoms with Crippen molar-refractivity contribution in [2.24, 2.45) is 0 Å². The molecule has 1 fully saturated rings. The van der Waals surface area contributed by atoms with E-state index in [0.29, 0.717) is 5.56 Å². The molecule has 12 heteroatoms. The van der Waals surface area contributed by atoms with E-state index in [0.717, 1.165) is 12.1 Å². The molecule has 1 heterocycles. The van der Waals surface area contributed by atoms with Crippen molar-refractivity contribution in [1.29, 1.82) is 0 Å². The number of aromatic hydroxyl groups is 4. The Morgan fingerprint density at radius 2 is 1.58 bits per heavy atom. The van der Waals surface area contributed by atoms with Crippen LogP contribution in [0, 0.1) is 0 Å². The first-order valence-electron chi connectivity index (χ1n) is 9.83. The fourth-order valence-corrected chi connectivity index (χ4v) is 3.18. The third-order valence-electron chi connectivity index (χ3n) is 5.02. The van der Waals surface area contributed by atoms with Crippen LogP contribution < -0.4 is 4.74 Å². The van der Waals surface area contributed by atoms with E-state index < -0.39 is 60.5 Å². The fourth-order valence-electron chi connectivity index (χ4n) is 3.18. The molecule has 0 spiro atoms. The SMILES string of the molecule is O=C(OC[C@@H]1O[C@@H](Oc2cc(CCO)ccc2O)[C@@H](O)[C@@H](O)[C@@H]1O)c1cc(O)c(O)c(O)c1. The van der Waals surface area contributed by atoms with Crippen molar-refractivity contribution in [3.05, 3.63) is 41.5 Å². The first-order chi connectivity index (χ1) is 15.6. The van der Waals surface area contributed by atoms with Gasteiger partial charge in [0.2, 0.25) is 6.29 Å². The number of aliphatic hydroxyl groups is 4. The molecule has 2 aromatic rings. The van der Waals surface area contributed by atoms with Crippen molar-refractivity contribution in [2.45, 2.75) is 37.1 Å². The van der Waals surface area contributed by atoms with Gasteiger partial charge in [0, 0.05) is 6.61 Å². The largest absolute Gasteiger partial charge is 0.504 e. The van der Waals surface area contributed by atoms with Gasteiger partial charge in [0.25, 0.3) is 0 Å². The molecule has 12 nitrogen and oxygen atoms in total. The van der Waals surface area contributed by atoms with Gasteiger partial charge >= 0.3 is 5.97 Å². The van der Waals surface area contributed by atoms with E-state index >= 15 is 0 Å². The van der Waals surface area contributed by atoms with Crippen LogP contribution in [0.3, 0.4) is 0 Å². The number of rotatable bonds is 7. The van der Waals surface area contributed by atoms with Gasteiger partial charge in [-0.2, -0.15) is 0 Å². The summed E-state index contributed by atoms with van der Waals surface area (Å²) in [6, 6.07) is 5.96. The predicted molar refractivity (Wildman–Crippen MR) is 108 cm³/mol. The number of phenolic OH excluding ortho intramolecular Hbond substituents is 4. The third kappa shape index (κ3) is 5.38. The van der Waals surface area contributed by atoms with Crippen LogP contribution in [0.5, 0.6) is 28.7 Å². The van der Waals surface area contributed by atoms with E-state index in [1.807, 2.05) is 0 Å². The molecule has 2 aromatic carbocycles. The van der Waals surface area contributed by atoms with E-state index in [2.05, 4.69) is 0 Å². The second kappa shape index (κ2) is 10.1. The maximum atomic E-state index is 12.2. The smallest absolute Gasteiger partial charge is 0.338 e. The number of esters is 1. The van der Waals surface area contributed by atoms with Crippen LogP contribution in [-0.2, 0) is 15.9 Å². The number of carbonyl (C=O) groups excluding carboxylic acids is 1. The molecule has 0 aromatic heterocycles. The number of benzene rings is 2. The summed E-state index contributed by atoms with van der Waals surface area (Å²) in [6.07, 6.45) is -7.81. The van der Waals surface area contributed by atoms with Gasteiger partial charge in [-0.15, -0.1) is 0 Å². The van der Waals surface area contributed by atoms with E-state index in [1.165, 1.54) is 12.1 Å². The van der Waals surface area contributed by atoms with Gasteiger partial charge < -0.3 is 55.1 Å². The Morgan fingerprint density at radius 1 is 0.909 bits per heavy atom. The average molecular weight is 468 g/mol. The maximum absolute atomic E-state index is 12.2. The fraction of sp³-hybridized carbons (Fsp3) is 0.381. The van der Waals surface area contributed by atoms with Crippen LogP contribution in [0.25, 0.3) is 0 Å². The van der Waals surface area contributed by atoms with E-state index in [1.54, 1.807) is 6.07 Å². The zero-order valence-corrected chi connectivity index (χ0v) is 17.1. The molecule has 33 heavy (non-hydrogen) atoms. The number of hydrogen-bond acceptors (Lipinski definition) is 12. The summed E-state index contributed by atoms with van der Waals surface area (Å²) in [7, 11) is 0. The summed E-state index contributed by atoms with van der Waals surface area (Å²) in [5.74, 6) is -3.80. The molecule has 0 saturated carbocycles. The Bertz CT molecular complexity index is 970. The molecule has 0 aliphatic carbocycles. The van der Waals surface area contributed by atoms with Gasteiger partial charge in [-0.05, 0) is 36.2 Å². The summed E-state index contributed by atoms with van der Waals surface area (Å²) in [4.78, 5) is 12.2. The van der Waals surface area contributed by atoms with Gasteiger partial charge in [0.15, 0.2) is 28.7 Å². The highest BCUT2D eigenvalue weighted by Crippen LogP contribution is 2.36. The zero-order valence-electron chi connectivity index (χ0n) is 17.1. The van der Waals surface area contributed by atoms with Gasteiger partial charge in [0.1, 0.15) is 31.0 Å². The molecule has 0 unspecified atom stereocenters. The number of aliphatic hydroxyl groups excluding tert-OH is 4. The lowest BCUT2D eigenvalue weighted by atomic mass is 9.99. The summed E-state index contributed by atoms with van der Waals surface area (Å²) in [5.41, 5.74) is 0.300. The molecule has 3 rings (SSSR count). The van der Waals surface area contributed by atoms with Crippen molar-refractivity contribution in [2.75, 3.05) is 13.2 Å². The lowest BCUT2D eigenvalue weighted by molar-refractivity contribution is -0.277. The molecule has 1 aliphatic rings. The van der Waals surface area contributed by atoms with Crippen molar-refractivity contribution < 1.29 is 59.9 Å². The van der Waals surface area contributed by atoms with E-state index in [9.17, 15) is 40.5 Å². The minimum absolute atomic E-state index is 0.112. The third-order valence-corrected chi connectivity index (χ3v) is 5.02. The van der Waals surface area contributed by atoms with Crippen LogP contribution in [0.2, 0.25) is 0 Å². The normalized spacial score (nSPS) is 24.9. The number of hydrogen-bond donors (Lipinski definition) is 8. The first-order valence-corrected chi connectivity index (χ1v) is 9.83. The summed E-state index contributed by atoms with van der Waals surface area (Å²) in [5, 5.41) is 78.0. The minimum Gasteiger partial charge on any atom is -0.504 e. The number of phenols is 4. The van der Waals surface area contributed by atoms with Crippen LogP contribution in [-0.4, -0.2) is 90.7 Å². The highest BCUT2D eigenvalue weighted by atomic mass is 16.7. The van der Waals surface area contributed by atoms with E-state index in [4.69, 9.17) is 19.3 Å². The van der Waals surface area contributed by atoms with Gasteiger partial charge in [0.05, 0.1) is 5.56 Å². The van der Waals surface area contributed by atoms with Gasteiger partial charge in [-0.1, -0.05) is 6.07 Å². The average Bonchev–Trinajstić information content (AvgIpc) is 2.78. The van der Waals surface area contributed by atoms with Crippen LogP contribution in [0.1, 0.15) is 15.9 Å². The molecular formula is C21H24O12. The van der Waals surface area contributed by atoms with Gasteiger partial charge in [-0.25, -0.2) is 4.79 Å². The van der Waals surface area contributed by atoms with Crippen LogP contribution >= 0.6 is 0 Å². The molecule has 180 valence electrons. The highest BCUT2D eigenvalue weighted by molar-refractivity contribution is 5.91. The zero-order chi connectivity index (χ0) is 24.3. The molecular weight excluding hydrogens is 444 g/mol. The van der Waals surface area contributed by atoms with Crippen molar-refractivity contribution in [1.82, 2.24) is 0 Å². The Hall–Kier alpha value is -3.29. The Kier molecular flexibility index (Phi) is 7.46. The summed E-state index contributed by atoms with van der Waals surface area (Å²) in [6.45, 7) is -0.774. The van der Waals surface area contributed by atoms with Crippen molar-refractivity contribution in [3.8, 4) is 28.7 Å². The molecule has 1 aliphatic heterocycles. The topological polar surface area (TPSA) is 207 Å². The first kappa shape index (κ1) is 24.4.